The number of hydrogen-bond donors (Lipinski definition) is 1. The molecule has 6 aromatic rings. The predicted molar refractivity (Wildman–Crippen MR) is 154 cm³/mol. The van der Waals surface area contributed by atoms with Crippen LogP contribution in [-0.2, 0) is 4.79 Å². The molecule has 0 unspecified atom stereocenters. The average molecular weight is 573 g/mol. The molecule has 0 spiro atoms. The van der Waals surface area contributed by atoms with Gasteiger partial charge in [-0.05, 0) is 54.1 Å². The molecule has 0 aliphatic rings. The maximum absolute atomic E-state index is 12.6. The summed E-state index contributed by atoms with van der Waals surface area (Å²) in [5.41, 5.74) is 5.11. The van der Waals surface area contributed by atoms with Crippen molar-refractivity contribution in [3.05, 3.63) is 95.0 Å². The molecule has 0 bridgehead atoms. The van der Waals surface area contributed by atoms with E-state index in [1.54, 1.807) is 11.3 Å². The smallest absolute Gasteiger partial charge is 0.234 e. The lowest BCUT2D eigenvalue weighted by atomic mass is 10.1. The zero-order valence-corrected chi connectivity index (χ0v) is 22.0. The Kier molecular flexibility index (Phi) is 6.31. The molecule has 6 rings (SSSR count). The molecule has 0 aliphatic heterocycles. The van der Waals surface area contributed by atoms with Gasteiger partial charge >= 0.3 is 0 Å². The summed E-state index contributed by atoms with van der Waals surface area (Å²) < 4.78 is 8.85. The van der Waals surface area contributed by atoms with Crippen LogP contribution < -0.4 is 5.32 Å². The number of furan rings is 1. The number of rotatable bonds is 6. The first-order valence-corrected chi connectivity index (χ1v) is 13.7. The summed E-state index contributed by atoms with van der Waals surface area (Å²) in [6.45, 7) is 0. The molecule has 36 heavy (non-hydrogen) atoms. The molecule has 176 valence electrons. The van der Waals surface area contributed by atoms with Gasteiger partial charge in [-0.1, -0.05) is 58.0 Å². The Morgan fingerprint density at radius 1 is 1.00 bits per heavy atom. The second-order valence-electron chi connectivity index (χ2n) is 8.09. The summed E-state index contributed by atoms with van der Waals surface area (Å²) in [6, 6.07) is 27.6. The van der Waals surface area contributed by atoms with Crippen LogP contribution in [0.15, 0.2) is 103 Å². The van der Waals surface area contributed by atoms with Crippen molar-refractivity contribution in [1.82, 2.24) is 4.98 Å². The Morgan fingerprint density at radius 2 is 1.83 bits per heavy atom. The van der Waals surface area contributed by atoms with Gasteiger partial charge in [-0.25, -0.2) is 4.98 Å². The minimum atomic E-state index is -0.0884. The Labute approximate surface area is 223 Å². The first-order valence-electron chi connectivity index (χ1n) is 11.1. The van der Waals surface area contributed by atoms with Crippen molar-refractivity contribution in [2.45, 2.75) is 4.34 Å². The number of nitrogens with one attached hydrogen (secondary N) is 1. The molecule has 2 heterocycles. The lowest BCUT2D eigenvalue weighted by Gasteiger charge is -2.04. The van der Waals surface area contributed by atoms with Crippen LogP contribution in [-0.4, -0.2) is 22.9 Å². The van der Waals surface area contributed by atoms with Gasteiger partial charge in [0.2, 0.25) is 5.91 Å². The van der Waals surface area contributed by atoms with Gasteiger partial charge in [0.05, 0.1) is 21.7 Å². The van der Waals surface area contributed by atoms with Gasteiger partial charge in [0, 0.05) is 33.2 Å². The fourth-order valence-electron chi connectivity index (χ4n) is 3.86. The zero-order chi connectivity index (χ0) is 24.5. The van der Waals surface area contributed by atoms with Crippen molar-refractivity contribution >= 4 is 94.7 Å². The topological polar surface area (TPSA) is 67.5 Å². The number of thioether (sulfide) groups is 1. The average Bonchev–Trinajstić information content (AvgIpc) is 3.47. The van der Waals surface area contributed by atoms with E-state index in [2.05, 4.69) is 31.2 Å². The van der Waals surface area contributed by atoms with Crippen LogP contribution in [0.3, 0.4) is 0 Å². The number of para-hydroxylation sites is 1. The lowest BCUT2D eigenvalue weighted by molar-refractivity contribution is -0.113. The van der Waals surface area contributed by atoms with E-state index in [-0.39, 0.29) is 11.7 Å². The van der Waals surface area contributed by atoms with E-state index < -0.39 is 0 Å². The van der Waals surface area contributed by atoms with Crippen LogP contribution in [0.4, 0.5) is 11.4 Å². The minimum Gasteiger partial charge on any atom is -0.456 e. The highest BCUT2D eigenvalue weighted by atomic mass is 79.9. The number of carbonyl (C=O) groups excluding carboxylic acids is 1. The fraction of sp³-hybridized carbons (Fsp3) is 0.0357. The van der Waals surface area contributed by atoms with Crippen LogP contribution in [0.2, 0.25) is 0 Å². The van der Waals surface area contributed by atoms with E-state index >= 15 is 0 Å². The number of fused-ring (bicyclic) bond motifs is 4. The maximum Gasteiger partial charge on any atom is 0.234 e. The monoisotopic (exact) mass is 571 g/mol. The van der Waals surface area contributed by atoms with Gasteiger partial charge in [0.25, 0.3) is 0 Å². The molecule has 1 N–H and O–H groups in total. The molecule has 0 saturated carbocycles. The van der Waals surface area contributed by atoms with Crippen LogP contribution in [0.25, 0.3) is 32.2 Å². The second-order valence-corrected chi connectivity index (χ2v) is 11.3. The van der Waals surface area contributed by atoms with E-state index in [4.69, 9.17) is 4.42 Å². The summed E-state index contributed by atoms with van der Waals surface area (Å²) in [4.78, 5) is 21.8. The molecule has 1 amide bonds. The van der Waals surface area contributed by atoms with Crippen molar-refractivity contribution in [3.63, 3.8) is 0 Å². The van der Waals surface area contributed by atoms with E-state index in [1.807, 2.05) is 91.1 Å². The number of aliphatic imine (C=N–C) groups is 1. The number of benzene rings is 4. The van der Waals surface area contributed by atoms with Gasteiger partial charge in [0.1, 0.15) is 11.2 Å². The normalized spacial score (nSPS) is 11.7. The highest BCUT2D eigenvalue weighted by molar-refractivity contribution is 9.10. The number of aromatic nitrogens is 1. The molecule has 0 aliphatic carbocycles. The number of thiazole rings is 1. The Bertz CT molecular complexity index is 1760. The maximum atomic E-state index is 12.6. The SMILES string of the molecule is O=C(CSc1nc2ccc(N=Cc3ccc(Br)cc3)cc2s1)Nc1ccc2c(c1)oc1ccccc12. The van der Waals surface area contributed by atoms with Gasteiger partial charge in [-0.3, -0.25) is 9.79 Å². The summed E-state index contributed by atoms with van der Waals surface area (Å²) in [6.07, 6.45) is 1.84. The minimum absolute atomic E-state index is 0.0884. The third-order valence-corrected chi connectivity index (χ3v) is 8.26. The number of amides is 1. The van der Waals surface area contributed by atoms with Gasteiger partial charge in [-0.2, -0.15) is 0 Å². The third-order valence-electron chi connectivity index (χ3n) is 5.57. The van der Waals surface area contributed by atoms with Crippen LogP contribution in [0.5, 0.6) is 0 Å². The largest absolute Gasteiger partial charge is 0.456 e. The van der Waals surface area contributed by atoms with Gasteiger partial charge in [0.15, 0.2) is 4.34 Å². The molecular weight excluding hydrogens is 554 g/mol. The Balaban J connectivity index is 1.11. The summed E-state index contributed by atoms with van der Waals surface area (Å²) in [5, 5.41) is 5.07. The van der Waals surface area contributed by atoms with Crippen molar-refractivity contribution in [2.24, 2.45) is 4.99 Å². The molecular formula is C28H18BrN3O2S2. The number of nitrogens with zero attached hydrogens (tertiary/aromatic N) is 2. The number of anilines is 1. The van der Waals surface area contributed by atoms with Crippen molar-refractivity contribution in [3.8, 4) is 0 Å². The molecule has 8 heteroatoms. The van der Waals surface area contributed by atoms with Crippen LogP contribution in [0, 0.1) is 0 Å². The van der Waals surface area contributed by atoms with Crippen LogP contribution >= 0.6 is 39.0 Å². The first-order chi connectivity index (χ1) is 17.6. The molecule has 4 aromatic carbocycles. The van der Waals surface area contributed by atoms with Crippen LogP contribution in [0.1, 0.15) is 5.56 Å². The first kappa shape index (κ1) is 23.0. The van der Waals surface area contributed by atoms with E-state index in [0.29, 0.717) is 5.69 Å². The quantitative estimate of drug-likeness (QED) is 0.161. The number of carbonyl (C=O) groups is 1. The summed E-state index contributed by atoms with van der Waals surface area (Å²) in [5.74, 6) is 0.182. The molecule has 5 nitrogen and oxygen atoms in total. The highest BCUT2D eigenvalue weighted by Crippen LogP contribution is 2.33. The number of halogens is 1. The van der Waals surface area contributed by atoms with Crippen molar-refractivity contribution < 1.29 is 9.21 Å². The Morgan fingerprint density at radius 3 is 2.72 bits per heavy atom. The van der Waals surface area contributed by atoms with E-state index in [1.165, 1.54) is 11.8 Å². The second kappa shape index (κ2) is 9.89. The highest BCUT2D eigenvalue weighted by Gasteiger charge is 2.11. The fourth-order valence-corrected chi connectivity index (χ4v) is 6.03. The summed E-state index contributed by atoms with van der Waals surface area (Å²) in [7, 11) is 0. The standard InChI is InChI=1S/C28H18BrN3O2S2/c29-18-7-5-17(6-8-18)15-30-19-10-12-23-26(14-19)36-28(32-23)35-16-27(33)31-20-9-11-22-21-3-1-2-4-24(21)34-25(22)13-20/h1-15H,16H2,(H,31,33). The predicted octanol–water partition coefficient (Wildman–Crippen LogP) is 8.44. The van der Waals surface area contributed by atoms with Crippen molar-refractivity contribution in [2.75, 3.05) is 11.1 Å². The van der Waals surface area contributed by atoms with E-state index in [9.17, 15) is 4.79 Å². The molecule has 0 radical (unpaired) electrons. The number of hydrogen-bond acceptors (Lipinski definition) is 6. The molecule has 0 atom stereocenters. The van der Waals surface area contributed by atoms with E-state index in [0.717, 1.165) is 52.2 Å². The molecule has 0 fully saturated rings. The third kappa shape index (κ3) is 4.93. The van der Waals surface area contributed by atoms with Gasteiger partial charge < -0.3 is 9.73 Å². The Hall–Kier alpha value is -3.46. The summed E-state index contributed by atoms with van der Waals surface area (Å²) >= 11 is 6.43. The lowest BCUT2D eigenvalue weighted by Crippen LogP contribution is -2.13. The zero-order valence-electron chi connectivity index (χ0n) is 18.8. The van der Waals surface area contributed by atoms with Gasteiger partial charge in [-0.15, -0.1) is 11.3 Å². The molecule has 0 saturated heterocycles. The molecule has 2 aromatic heterocycles. The van der Waals surface area contributed by atoms with Crippen molar-refractivity contribution in [1.29, 1.82) is 0 Å².